The van der Waals surface area contributed by atoms with Crippen LogP contribution >= 0.6 is 0 Å². The van der Waals surface area contributed by atoms with Crippen molar-refractivity contribution in [1.82, 2.24) is 14.8 Å². The van der Waals surface area contributed by atoms with Gasteiger partial charge in [0.25, 0.3) is 11.5 Å². The summed E-state index contributed by atoms with van der Waals surface area (Å²) in [5.74, 6) is 0.581. The highest BCUT2D eigenvalue weighted by atomic mass is 16.2. The molecule has 3 saturated heterocycles. The lowest BCUT2D eigenvalue weighted by Gasteiger charge is -2.36. The first-order chi connectivity index (χ1) is 12.0. The van der Waals surface area contributed by atoms with Crippen molar-refractivity contribution in [2.75, 3.05) is 19.6 Å². The van der Waals surface area contributed by atoms with E-state index in [-0.39, 0.29) is 34.9 Å². The number of carbonyl (C=O) groups excluding carboxylic acids is 2. The maximum Gasteiger partial charge on any atom is 0.260 e. The number of fused-ring (bicyclic) bond motifs is 4. The van der Waals surface area contributed by atoms with E-state index in [1.807, 2.05) is 9.80 Å². The number of rotatable bonds is 2. The van der Waals surface area contributed by atoms with Crippen molar-refractivity contribution >= 4 is 11.8 Å². The second kappa shape index (κ2) is 6.32. The fourth-order valence-electron chi connectivity index (χ4n) is 4.32. The van der Waals surface area contributed by atoms with Crippen LogP contribution in [0.1, 0.15) is 48.2 Å². The Hall–Kier alpha value is -2.11. The second-order valence-electron chi connectivity index (χ2n) is 7.81. The smallest absolute Gasteiger partial charge is 0.260 e. The molecule has 25 heavy (non-hydrogen) atoms. The summed E-state index contributed by atoms with van der Waals surface area (Å²) in [7, 11) is 0. The monoisotopic (exact) mass is 343 g/mol. The maximum atomic E-state index is 13.0. The number of aryl methyl sites for hydroxylation is 1. The van der Waals surface area contributed by atoms with Crippen molar-refractivity contribution in [2.24, 2.45) is 11.8 Å². The van der Waals surface area contributed by atoms with Gasteiger partial charge in [-0.1, -0.05) is 6.42 Å². The molecule has 4 heterocycles. The van der Waals surface area contributed by atoms with Crippen molar-refractivity contribution in [3.8, 4) is 0 Å². The minimum atomic E-state index is -0.326. The van der Waals surface area contributed by atoms with E-state index in [1.165, 1.54) is 0 Å². The lowest BCUT2D eigenvalue weighted by Crippen LogP contribution is -2.49. The van der Waals surface area contributed by atoms with E-state index in [4.69, 9.17) is 0 Å². The van der Waals surface area contributed by atoms with Crippen molar-refractivity contribution in [3.05, 3.63) is 33.7 Å². The molecule has 0 aromatic carbocycles. The van der Waals surface area contributed by atoms with Gasteiger partial charge in [-0.3, -0.25) is 14.4 Å². The zero-order valence-corrected chi connectivity index (χ0v) is 14.7. The molecule has 1 saturated carbocycles. The van der Waals surface area contributed by atoms with Crippen molar-refractivity contribution < 1.29 is 9.59 Å². The number of amides is 2. The van der Waals surface area contributed by atoms with Crippen LogP contribution in [0.15, 0.2) is 16.9 Å². The molecule has 0 radical (unpaired) electrons. The number of nitrogens with one attached hydrogen (secondary N) is 1. The van der Waals surface area contributed by atoms with Crippen LogP contribution in [0.2, 0.25) is 0 Å². The summed E-state index contributed by atoms with van der Waals surface area (Å²) in [5, 5.41) is 0. The molecule has 2 amide bonds. The number of hydrogen-bond donors (Lipinski definition) is 1. The first kappa shape index (κ1) is 16.4. The molecule has 1 aromatic heterocycles. The molecular weight excluding hydrogens is 318 g/mol. The van der Waals surface area contributed by atoms with Gasteiger partial charge in [0, 0.05) is 37.3 Å². The highest BCUT2D eigenvalue weighted by Gasteiger charge is 2.41. The predicted molar refractivity (Wildman–Crippen MR) is 93.3 cm³/mol. The normalized spacial score (nSPS) is 26.3. The van der Waals surface area contributed by atoms with Crippen LogP contribution in [0.5, 0.6) is 0 Å². The van der Waals surface area contributed by atoms with E-state index < -0.39 is 0 Å². The third kappa shape index (κ3) is 2.98. The molecule has 6 heteroatoms. The molecule has 6 nitrogen and oxygen atoms in total. The Morgan fingerprint density at radius 1 is 1.08 bits per heavy atom. The Morgan fingerprint density at radius 3 is 2.56 bits per heavy atom. The molecule has 2 atom stereocenters. The highest BCUT2D eigenvalue weighted by molar-refractivity contribution is 5.94. The van der Waals surface area contributed by atoms with Crippen LogP contribution in [0.25, 0.3) is 0 Å². The minimum absolute atomic E-state index is 0.0241. The molecule has 1 aromatic rings. The Balaban J connectivity index is 1.54. The zero-order valence-electron chi connectivity index (χ0n) is 14.7. The number of pyridine rings is 1. The maximum absolute atomic E-state index is 13.0. The molecule has 134 valence electrons. The number of H-pyrrole nitrogens is 1. The van der Waals surface area contributed by atoms with Gasteiger partial charge in [0.05, 0.1) is 0 Å². The first-order valence-electron chi connectivity index (χ1n) is 9.32. The van der Waals surface area contributed by atoms with Crippen LogP contribution in [-0.4, -0.2) is 52.3 Å². The molecular formula is C19H25N3O3. The minimum Gasteiger partial charge on any atom is -0.340 e. The largest absolute Gasteiger partial charge is 0.340 e. The van der Waals surface area contributed by atoms with Crippen LogP contribution in [0, 0.1) is 18.8 Å². The van der Waals surface area contributed by atoms with Gasteiger partial charge in [-0.25, -0.2) is 0 Å². The van der Waals surface area contributed by atoms with E-state index in [2.05, 4.69) is 4.98 Å². The van der Waals surface area contributed by atoms with Gasteiger partial charge in [-0.15, -0.1) is 0 Å². The zero-order chi connectivity index (χ0) is 17.6. The summed E-state index contributed by atoms with van der Waals surface area (Å²) >= 11 is 0. The lowest BCUT2D eigenvalue weighted by molar-refractivity contribution is -0.138. The lowest BCUT2D eigenvalue weighted by atomic mass is 9.84. The molecule has 4 aliphatic rings. The van der Waals surface area contributed by atoms with Gasteiger partial charge in [-0.2, -0.15) is 0 Å². The number of aromatic amines is 1. The van der Waals surface area contributed by atoms with Gasteiger partial charge in [0.2, 0.25) is 5.91 Å². The standard InChI is InChI=1S/C19H25N3O3/c1-12-5-8-16(17(23)20-12)19(25)22-10-13-6-7-15(22)11-21(9-13)18(24)14-3-2-4-14/h5,8,13-15H,2-4,6-7,9-11H2,1H3,(H,20,23)/t13-,15+/m0/s1. The SMILES string of the molecule is Cc1ccc(C(=O)N2C[C@H]3CC[C@@H]2CN(C(=O)C2CCC2)C3)c(=O)[nH]1. The Kier molecular flexibility index (Phi) is 4.13. The van der Waals surface area contributed by atoms with E-state index in [9.17, 15) is 14.4 Å². The molecule has 0 unspecified atom stereocenters. The summed E-state index contributed by atoms with van der Waals surface area (Å²) in [6.07, 6.45) is 5.12. The van der Waals surface area contributed by atoms with Gasteiger partial charge < -0.3 is 14.8 Å². The van der Waals surface area contributed by atoms with Gasteiger partial charge >= 0.3 is 0 Å². The summed E-state index contributed by atoms with van der Waals surface area (Å²) in [6, 6.07) is 3.40. The van der Waals surface area contributed by atoms with Crippen molar-refractivity contribution in [2.45, 2.75) is 45.1 Å². The van der Waals surface area contributed by atoms with E-state index in [0.717, 1.165) is 44.3 Å². The van der Waals surface area contributed by atoms with Crippen LogP contribution in [0.4, 0.5) is 0 Å². The second-order valence-corrected chi connectivity index (χ2v) is 7.81. The van der Waals surface area contributed by atoms with Crippen LogP contribution < -0.4 is 5.56 Å². The average Bonchev–Trinajstić information content (AvgIpc) is 2.84. The topological polar surface area (TPSA) is 73.5 Å². The fourth-order valence-corrected chi connectivity index (χ4v) is 4.32. The Bertz CT molecular complexity index is 753. The number of piperidine rings is 1. The third-order valence-corrected chi connectivity index (χ3v) is 6.03. The Labute approximate surface area is 147 Å². The number of nitrogens with zero attached hydrogens (tertiary/aromatic N) is 2. The quantitative estimate of drug-likeness (QED) is 0.885. The molecule has 3 aliphatic heterocycles. The first-order valence-corrected chi connectivity index (χ1v) is 9.32. The molecule has 1 aliphatic carbocycles. The molecule has 2 bridgehead atoms. The molecule has 5 rings (SSSR count). The van der Waals surface area contributed by atoms with Crippen molar-refractivity contribution in [3.63, 3.8) is 0 Å². The Morgan fingerprint density at radius 2 is 1.88 bits per heavy atom. The summed E-state index contributed by atoms with van der Waals surface area (Å²) in [5.41, 5.74) is 0.624. The summed E-state index contributed by atoms with van der Waals surface area (Å²) in [4.78, 5) is 44.3. The summed E-state index contributed by atoms with van der Waals surface area (Å²) < 4.78 is 0. The van der Waals surface area contributed by atoms with E-state index in [0.29, 0.717) is 19.0 Å². The van der Waals surface area contributed by atoms with E-state index in [1.54, 1.807) is 19.1 Å². The van der Waals surface area contributed by atoms with E-state index >= 15 is 0 Å². The average molecular weight is 343 g/mol. The molecule has 4 fully saturated rings. The summed E-state index contributed by atoms with van der Waals surface area (Å²) in [6.45, 7) is 3.81. The third-order valence-electron chi connectivity index (χ3n) is 6.03. The van der Waals surface area contributed by atoms with Crippen molar-refractivity contribution in [1.29, 1.82) is 0 Å². The van der Waals surface area contributed by atoms with Gasteiger partial charge in [0.1, 0.15) is 5.56 Å². The molecule has 0 spiro atoms. The molecule has 1 N–H and O–H groups in total. The van der Waals surface area contributed by atoms with Gasteiger partial charge in [0.15, 0.2) is 0 Å². The highest BCUT2D eigenvalue weighted by Crippen LogP contribution is 2.33. The number of hydrogen-bond acceptors (Lipinski definition) is 3. The number of aromatic nitrogens is 1. The van der Waals surface area contributed by atoms with Crippen LogP contribution in [0.3, 0.4) is 0 Å². The number of carbonyl (C=O) groups is 2. The van der Waals surface area contributed by atoms with Crippen LogP contribution in [-0.2, 0) is 4.79 Å². The predicted octanol–water partition coefficient (Wildman–Crippen LogP) is 1.55. The fraction of sp³-hybridized carbons (Fsp3) is 0.632. The van der Waals surface area contributed by atoms with Gasteiger partial charge in [-0.05, 0) is 50.7 Å².